The van der Waals surface area contributed by atoms with Crippen molar-refractivity contribution >= 4 is 17.9 Å². The molecule has 0 fully saturated rings. The van der Waals surface area contributed by atoms with E-state index in [1.54, 1.807) is 36.6 Å². The Balaban J connectivity index is 2.33. The molecule has 0 aliphatic rings. The number of carboxylic acid groups (broad SMARTS) is 1. The Morgan fingerprint density at radius 1 is 1.38 bits per heavy atom. The van der Waals surface area contributed by atoms with Gasteiger partial charge in [0.1, 0.15) is 17.3 Å². The third-order valence-electron chi connectivity index (χ3n) is 3.27. The molecule has 0 saturated heterocycles. The van der Waals surface area contributed by atoms with Crippen molar-refractivity contribution in [3.63, 3.8) is 0 Å². The van der Waals surface area contributed by atoms with Gasteiger partial charge >= 0.3 is 6.09 Å². The lowest BCUT2D eigenvalue weighted by Gasteiger charge is -2.17. The number of benzene rings is 2. The number of nitriles is 1. The molecule has 5 nitrogen and oxygen atoms in total. The van der Waals surface area contributed by atoms with Gasteiger partial charge in [0, 0.05) is 23.6 Å². The van der Waals surface area contributed by atoms with Crippen LogP contribution in [0.3, 0.4) is 0 Å². The van der Waals surface area contributed by atoms with Crippen LogP contribution in [0.1, 0.15) is 11.1 Å². The number of carbonyl (C=O) groups is 1. The topological polar surface area (TPSA) is 73.6 Å². The predicted octanol–water partition coefficient (Wildman–Crippen LogP) is 4.32. The molecule has 1 amide bonds. The van der Waals surface area contributed by atoms with Crippen LogP contribution in [-0.2, 0) is 6.54 Å². The number of nitrogens with zero attached hydrogens (tertiary/aromatic N) is 2. The van der Waals surface area contributed by atoms with Crippen molar-refractivity contribution < 1.29 is 19.0 Å². The van der Waals surface area contributed by atoms with Gasteiger partial charge in [-0.05, 0) is 36.6 Å². The quantitative estimate of drug-likeness (QED) is 0.816. The van der Waals surface area contributed by atoms with Gasteiger partial charge in [0.05, 0.1) is 18.2 Å². The van der Waals surface area contributed by atoms with E-state index in [-0.39, 0.29) is 6.54 Å². The molecular weight excluding hydrogens is 331 g/mol. The number of hydrogen-bond acceptors (Lipinski definition) is 4. The number of halogens is 1. The number of hydrogen-bond donors (Lipinski definition) is 1. The highest BCUT2D eigenvalue weighted by molar-refractivity contribution is 7.98. The first-order valence-corrected chi connectivity index (χ1v) is 8.15. The Bertz CT molecular complexity index is 805. The number of thioether (sulfide) groups is 1. The Labute approximate surface area is 143 Å². The van der Waals surface area contributed by atoms with E-state index in [0.29, 0.717) is 27.5 Å². The summed E-state index contributed by atoms with van der Waals surface area (Å²) >= 11 is 1.29. The largest absolute Gasteiger partial charge is 0.465 e. The van der Waals surface area contributed by atoms with Crippen LogP contribution in [0.2, 0.25) is 0 Å². The second-order valence-electron chi connectivity index (χ2n) is 4.97. The molecule has 0 bridgehead atoms. The zero-order valence-electron chi connectivity index (χ0n) is 13.1. The number of rotatable bonds is 5. The molecular formula is C17H15FN2O3S. The molecule has 0 saturated carbocycles. The van der Waals surface area contributed by atoms with E-state index in [2.05, 4.69) is 0 Å². The summed E-state index contributed by atoms with van der Waals surface area (Å²) in [6.07, 6.45) is 0.679. The summed E-state index contributed by atoms with van der Waals surface area (Å²) in [5.74, 6) is 0.283. The summed E-state index contributed by atoms with van der Waals surface area (Å²) < 4.78 is 19.6. The van der Waals surface area contributed by atoms with Gasteiger partial charge in [-0.3, -0.25) is 0 Å². The van der Waals surface area contributed by atoms with E-state index in [1.165, 1.54) is 24.9 Å². The standard InChI is InChI=1S/C17H15FN2O3S/c1-20(17(21)22)10-12-7-11(9-19)3-5-15(12)23-13-4-6-16(24-2)14(18)8-13/h3-8H,10H2,1-2H3,(H,21,22). The molecule has 24 heavy (non-hydrogen) atoms. The van der Waals surface area contributed by atoms with Gasteiger partial charge in [-0.25, -0.2) is 9.18 Å². The maximum absolute atomic E-state index is 13.9. The molecule has 0 spiro atoms. The third kappa shape index (κ3) is 4.18. The van der Waals surface area contributed by atoms with E-state index in [4.69, 9.17) is 15.1 Å². The molecule has 2 aromatic carbocycles. The van der Waals surface area contributed by atoms with Crippen molar-refractivity contribution in [2.24, 2.45) is 0 Å². The lowest BCUT2D eigenvalue weighted by Crippen LogP contribution is -2.24. The number of ether oxygens (including phenoxy) is 1. The van der Waals surface area contributed by atoms with Crippen molar-refractivity contribution in [3.8, 4) is 17.6 Å². The average molecular weight is 346 g/mol. The van der Waals surface area contributed by atoms with Gasteiger partial charge in [-0.1, -0.05) is 0 Å². The first-order valence-electron chi connectivity index (χ1n) is 6.93. The fourth-order valence-corrected chi connectivity index (χ4v) is 2.49. The highest BCUT2D eigenvalue weighted by Crippen LogP contribution is 2.30. The molecule has 2 aromatic rings. The van der Waals surface area contributed by atoms with Crippen LogP contribution in [0, 0.1) is 17.1 Å². The molecule has 0 heterocycles. The Morgan fingerprint density at radius 3 is 2.71 bits per heavy atom. The normalized spacial score (nSPS) is 10.1. The predicted molar refractivity (Wildman–Crippen MR) is 88.9 cm³/mol. The summed E-state index contributed by atoms with van der Waals surface area (Å²) in [5.41, 5.74) is 0.911. The summed E-state index contributed by atoms with van der Waals surface area (Å²) in [6.45, 7) is 0.0472. The molecule has 0 aliphatic heterocycles. The molecule has 0 unspecified atom stereocenters. The zero-order chi connectivity index (χ0) is 17.7. The highest BCUT2D eigenvalue weighted by atomic mass is 32.2. The van der Waals surface area contributed by atoms with Gasteiger partial charge < -0.3 is 14.7 Å². The van der Waals surface area contributed by atoms with Gasteiger partial charge in [0.2, 0.25) is 0 Å². The Kier molecular flexibility index (Phi) is 5.66. The van der Waals surface area contributed by atoms with Crippen molar-refractivity contribution in [1.82, 2.24) is 4.90 Å². The van der Waals surface area contributed by atoms with Crippen LogP contribution in [-0.4, -0.2) is 29.4 Å². The highest BCUT2D eigenvalue weighted by Gasteiger charge is 2.13. The lowest BCUT2D eigenvalue weighted by molar-refractivity contribution is 0.153. The van der Waals surface area contributed by atoms with E-state index in [0.717, 1.165) is 4.90 Å². The van der Waals surface area contributed by atoms with Gasteiger partial charge in [0.25, 0.3) is 0 Å². The molecule has 0 aromatic heterocycles. The number of amides is 1. The maximum atomic E-state index is 13.9. The second kappa shape index (κ2) is 7.70. The van der Waals surface area contributed by atoms with Crippen LogP contribution in [0.15, 0.2) is 41.3 Å². The van der Waals surface area contributed by atoms with Crippen LogP contribution in [0.25, 0.3) is 0 Å². The lowest BCUT2D eigenvalue weighted by atomic mass is 10.1. The van der Waals surface area contributed by atoms with E-state index >= 15 is 0 Å². The molecule has 2 rings (SSSR count). The fraction of sp³-hybridized carbons (Fsp3) is 0.176. The van der Waals surface area contributed by atoms with Gasteiger partial charge in [-0.2, -0.15) is 5.26 Å². The molecule has 7 heteroatoms. The minimum Gasteiger partial charge on any atom is -0.465 e. The first-order chi connectivity index (χ1) is 11.4. The average Bonchev–Trinajstić information content (AvgIpc) is 2.56. The maximum Gasteiger partial charge on any atom is 0.407 e. The summed E-state index contributed by atoms with van der Waals surface area (Å²) in [4.78, 5) is 12.6. The monoisotopic (exact) mass is 346 g/mol. The van der Waals surface area contributed by atoms with Gasteiger partial charge in [-0.15, -0.1) is 11.8 Å². The molecule has 0 atom stereocenters. The van der Waals surface area contributed by atoms with Crippen LogP contribution >= 0.6 is 11.8 Å². The van der Waals surface area contributed by atoms with E-state index in [9.17, 15) is 9.18 Å². The molecule has 0 aliphatic carbocycles. The van der Waals surface area contributed by atoms with Crippen LogP contribution in [0.5, 0.6) is 11.5 Å². The third-order valence-corrected chi connectivity index (χ3v) is 4.05. The van der Waals surface area contributed by atoms with Crippen molar-refractivity contribution in [1.29, 1.82) is 5.26 Å². The summed E-state index contributed by atoms with van der Waals surface area (Å²) in [6, 6.07) is 11.2. The van der Waals surface area contributed by atoms with E-state index < -0.39 is 11.9 Å². The summed E-state index contributed by atoms with van der Waals surface area (Å²) in [5, 5.41) is 18.0. The van der Waals surface area contributed by atoms with E-state index in [1.807, 2.05) is 6.07 Å². The van der Waals surface area contributed by atoms with Gasteiger partial charge in [0.15, 0.2) is 0 Å². The van der Waals surface area contributed by atoms with Crippen molar-refractivity contribution in [3.05, 3.63) is 53.3 Å². The second-order valence-corrected chi connectivity index (χ2v) is 5.82. The summed E-state index contributed by atoms with van der Waals surface area (Å²) in [7, 11) is 1.41. The smallest absolute Gasteiger partial charge is 0.407 e. The fourth-order valence-electron chi connectivity index (χ4n) is 2.03. The molecule has 124 valence electrons. The van der Waals surface area contributed by atoms with Crippen molar-refractivity contribution in [2.75, 3.05) is 13.3 Å². The van der Waals surface area contributed by atoms with Crippen molar-refractivity contribution in [2.45, 2.75) is 11.4 Å². The zero-order valence-corrected chi connectivity index (χ0v) is 13.9. The minimum absolute atomic E-state index is 0.0472. The Morgan fingerprint density at radius 2 is 2.12 bits per heavy atom. The first kappa shape index (κ1) is 17.6. The minimum atomic E-state index is -1.10. The van der Waals surface area contributed by atoms with Crippen LogP contribution in [0.4, 0.5) is 9.18 Å². The molecule has 0 radical (unpaired) electrons. The Hall–Kier alpha value is -2.72. The van der Waals surface area contributed by atoms with Crippen LogP contribution < -0.4 is 4.74 Å². The molecule has 1 N–H and O–H groups in total. The SMILES string of the molecule is CSc1ccc(Oc2ccc(C#N)cc2CN(C)C(=O)O)cc1F.